The standard InChI is InChI=1S/C20H24F2N2O/c1-15(19-14-16(21)4-9-20(19)22)23-10-3-11-24(13-12-23)17-5-7-18(25-2)8-6-17/h4-9,14-15H,3,10-13H2,1-2H3. The molecule has 0 amide bonds. The van der Waals surface area contributed by atoms with Gasteiger partial charge < -0.3 is 9.64 Å². The van der Waals surface area contributed by atoms with Crippen LogP contribution >= 0.6 is 0 Å². The largest absolute Gasteiger partial charge is 0.497 e. The summed E-state index contributed by atoms with van der Waals surface area (Å²) in [5.74, 6) is 0.110. The van der Waals surface area contributed by atoms with E-state index in [2.05, 4.69) is 21.9 Å². The molecule has 1 unspecified atom stereocenters. The van der Waals surface area contributed by atoms with Gasteiger partial charge in [0.25, 0.3) is 0 Å². The molecule has 0 aliphatic carbocycles. The fourth-order valence-corrected chi connectivity index (χ4v) is 3.41. The van der Waals surface area contributed by atoms with Gasteiger partial charge in [-0.05, 0) is 55.8 Å². The fraction of sp³-hybridized carbons (Fsp3) is 0.400. The minimum absolute atomic E-state index is 0.147. The maximum atomic E-state index is 14.1. The highest BCUT2D eigenvalue weighted by Gasteiger charge is 2.22. The first-order valence-corrected chi connectivity index (χ1v) is 8.66. The van der Waals surface area contributed by atoms with Gasteiger partial charge in [0.05, 0.1) is 7.11 Å². The average molecular weight is 346 g/mol. The summed E-state index contributed by atoms with van der Waals surface area (Å²) < 4.78 is 32.8. The molecule has 1 atom stereocenters. The summed E-state index contributed by atoms with van der Waals surface area (Å²) in [6.45, 7) is 5.42. The smallest absolute Gasteiger partial charge is 0.128 e. The first kappa shape index (κ1) is 17.7. The number of hydrogen-bond donors (Lipinski definition) is 0. The maximum absolute atomic E-state index is 14.1. The van der Waals surface area contributed by atoms with Gasteiger partial charge in [0.1, 0.15) is 17.4 Å². The predicted octanol–water partition coefficient (Wildman–Crippen LogP) is 4.25. The van der Waals surface area contributed by atoms with Gasteiger partial charge in [-0.25, -0.2) is 8.78 Å². The summed E-state index contributed by atoms with van der Waals surface area (Å²) >= 11 is 0. The molecule has 25 heavy (non-hydrogen) atoms. The van der Waals surface area contributed by atoms with Crippen molar-refractivity contribution >= 4 is 5.69 Å². The van der Waals surface area contributed by atoms with Gasteiger partial charge in [0.2, 0.25) is 0 Å². The number of methoxy groups -OCH3 is 1. The maximum Gasteiger partial charge on any atom is 0.128 e. The third kappa shape index (κ3) is 4.10. The molecule has 0 radical (unpaired) electrons. The number of hydrogen-bond acceptors (Lipinski definition) is 3. The van der Waals surface area contributed by atoms with Crippen molar-refractivity contribution in [2.45, 2.75) is 19.4 Å². The van der Waals surface area contributed by atoms with Crippen LogP contribution in [0.2, 0.25) is 0 Å². The van der Waals surface area contributed by atoms with Crippen LogP contribution in [0.25, 0.3) is 0 Å². The van der Waals surface area contributed by atoms with Gasteiger partial charge in [0, 0.05) is 43.5 Å². The monoisotopic (exact) mass is 346 g/mol. The summed E-state index contributed by atoms with van der Waals surface area (Å²) in [6.07, 6.45) is 0.979. The van der Waals surface area contributed by atoms with Crippen molar-refractivity contribution in [2.75, 3.05) is 38.2 Å². The molecule has 1 aliphatic heterocycles. The lowest BCUT2D eigenvalue weighted by Crippen LogP contribution is -2.32. The molecule has 5 heteroatoms. The molecule has 2 aromatic carbocycles. The van der Waals surface area contributed by atoms with Crippen LogP contribution in [0.1, 0.15) is 24.9 Å². The zero-order valence-corrected chi connectivity index (χ0v) is 14.7. The molecular formula is C20H24F2N2O. The van der Waals surface area contributed by atoms with Crippen LogP contribution in [0, 0.1) is 11.6 Å². The van der Waals surface area contributed by atoms with Crippen LogP contribution in [0.5, 0.6) is 5.75 Å². The Kier molecular flexibility index (Phi) is 5.53. The second-order valence-electron chi connectivity index (χ2n) is 6.42. The highest BCUT2D eigenvalue weighted by molar-refractivity contribution is 5.49. The van der Waals surface area contributed by atoms with E-state index in [0.29, 0.717) is 5.56 Å². The van der Waals surface area contributed by atoms with E-state index in [4.69, 9.17) is 4.74 Å². The summed E-state index contributed by atoms with van der Waals surface area (Å²) in [6, 6.07) is 11.6. The normalized spacial score (nSPS) is 17.2. The Labute approximate surface area is 147 Å². The Bertz CT molecular complexity index is 705. The van der Waals surface area contributed by atoms with Crippen LogP contribution < -0.4 is 9.64 Å². The van der Waals surface area contributed by atoms with Gasteiger partial charge in [-0.15, -0.1) is 0 Å². The first-order chi connectivity index (χ1) is 12.1. The minimum Gasteiger partial charge on any atom is -0.497 e. The van der Waals surface area contributed by atoms with E-state index in [1.54, 1.807) is 7.11 Å². The van der Waals surface area contributed by atoms with Crippen molar-refractivity contribution in [3.63, 3.8) is 0 Å². The molecule has 3 rings (SSSR count). The number of halogens is 2. The second-order valence-corrected chi connectivity index (χ2v) is 6.42. The average Bonchev–Trinajstić information content (AvgIpc) is 2.89. The Balaban J connectivity index is 1.69. The van der Waals surface area contributed by atoms with Crippen LogP contribution in [-0.2, 0) is 0 Å². The molecule has 1 heterocycles. The van der Waals surface area contributed by atoms with Gasteiger partial charge >= 0.3 is 0 Å². The highest BCUT2D eigenvalue weighted by Crippen LogP contribution is 2.26. The predicted molar refractivity (Wildman–Crippen MR) is 96.2 cm³/mol. The molecule has 0 spiro atoms. The van der Waals surface area contributed by atoms with E-state index < -0.39 is 5.82 Å². The van der Waals surface area contributed by atoms with Crippen molar-refractivity contribution in [2.24, 2.45) is 0 Å². The van der Waals surface area contributed by atoms with Gasteiger partial charge in [-0.2, -0.15) is 0 Å². The van der Waals surface area contributed by atoms with Crippen LogP contribution in [0.3, 0.4) is 0 Å². The fourth-order valence-electron chi connectivity index (χ4n) is 3.41. The van der Waals surface area contributed by atoms with Crippen molar-refractivity contribution in [1.29, 1.82) is 0 Å². The molecule has 0 N–H and O–H groups in total. The van der Waals surface area contributed by atoms with Crippen LogP contribution in [0.4, 0.5) is 14.5 Å². The number of nitrogens with zero attached hydrogens (tertiary/aromatic N) is 2. The Hall–Kier alpha value is -2.14. The Morgan fingerprint density at radius 1 is 0.960 bits per heavy atom. The number of ether oxygens (including phenoxy) is 1. The van der Waals surface area contributed by atoms with Crippen molar-refractivity contribution in [3.8, 4) is 5.75 Å². The summed E-state index contributed by atoms with van der Waals surface area (Å²) in [4.78, 5) is 4.55. The topological polar surface area (TPSA) is 15.7 Å². The lowest BCUT2D eigenvalue weighted by atomic mass is 10.1. The first-order valence-electron chi connectivity index (χ1n) is 8.66. The third-order valence-corrected chi connectivity index (χ3v) is 4.92. The van der Waals surface area contributed by atoms with E-state index in [1.807, 2.05) is 19.1 Å². The van der Waals surface area contributed by atoms with Gasteiger partial charge in [-0.3, -0.25) is 4.90 Å². The molecular weight excluding hydrogens is 322 g/mol. The van der Waals surface area contributed by atoms with Crippen LogP contribution in [0.15, 0.2) is 42.5 Å². The quantitative estimate of drug-likeness (QED) is 0.823. The summed E-state index contributed by atoms with van der Waals surface area (Å²) in [5.41, 5.74) is 1.59. The van der Waals surface area contributed by atoms with Gasteiger partial charge in [-0.1, -0.05) is 0 Å². The Morgan fingerprint density at radius 2 is 1.72 bits per heavy atom. The molecule has 1 aliphatic rings. The lowest BCUT2D eigenvalue weighted by molar-refractivity contribution is 0.221. The van der Waals surface area contributed by atoms with Crippen molar-refractivity contribution < 1.29 is 13.5 Å². The van der Waals surface area contributed by atoms with E-state index >= 15 is 0 Å². The zero-order valence-electron chi connectivity index (χ0n) is 14.7. The summed E-state index contributed by atoms with van der Waals surface area (Å²) in [7, 11) is 1.66. The Morgan fingerprint density at radius 3 is 2.44 bits per heavy atom. The van der Waals surface area contributed by atoms with E-state index in [-0.39, 0.29) is 11.9 Å². The number of anilines is 1. The second kappa shape index (κ2) is 7.83. The third-order valence-electron chi connectivity index (χ3n) is 4.92. The molecule has 0 saturated carbocycles. The van der Waals surface area contributed by atoms with Gasteiger partial charge in [0.15, 0.2) is 0 Å². The van der Waals surface area contributed by atoms with E-state index in [9.17, 15) is 8.78 Å². The molecule has 0 bridgehead atoms. The highest BCUT2D eigenvalue weighted by atomic mass is 19.1. The molecule has 2 aromatic rings. The molecule has 0 aromatic heterocycles. The zero-order chi connectivity index (χ0) is 17.8. The minimum atomic E-state index is -0.391. The molecule has 1 fully saturated rings. The number of rotatable bonds is 4. The number of benzene rings is 2. The van der Waals surface area contributed by atoms with E-state index in [1.165, 1.54) is 18.2 Å². The molecule has 134 valence electrons. The van der Waals surface area contributed by atoms with E-state index in [0.717, 1.165) is 44.0 Å². The SMILES string of the molecule is COc1ccc(N2CCCN(C(C)c3cc(F)ccc3F)CC2)cc1. The lowest BCUT2D eigenvalue weighted by Gasteiger charge is -2.28. The molecule has 1 saturated heterocycles. The summed E-state index contributed by atoms with van der Waals surface area (Å²) in [5, 5.41) is 0. The molecule has 3 nitrogen and oxygen atoms in total. The van der Waals surface area contributed by atoms with Crippen LogP contribution in [-0.4, -0.2) is 38.2 Å². The van der Waals surface area contributed by atoms with Crippen molar-refractivity contribution in [3.05, 3.63) is 59.7 Å². The van der Waals surface area contributed by atoms with Crippen molar-refractivity contribution in [1.82, 2.24) is 4.90 Å².